The number of morpholine rings is 1. The van der Waals surface area contributed by atoms with Crippen LogP contribution in [0.25, 0.3) is 0 Å². The van der Waals surface area contributed by atoms with Crippen molar-refractivity contribution in [2.75, 3.05) is 69.3 Å². The van der Waals surface area contributed by atoms with E-state index >= 15 is 0 Å². The maximum Gasteiger partial charge on any atom is 0.409 e. The van der Waals surface area contributed by atoms with E-state index in [0.29, 0.717) is 32.8 Å². The van der Waals surface area contributed by atoms with E-state index in [1.54, 1.807) is 11.8 Å². The van der Waals surface area contributed by atoms with Crippen LogP contribution < -0.4 is 10.2 Å². The Kier molecular flexibility index (Phi) is 7.11. The van der Waals surface area contributed by atoms with Gasteiger partial charge in [0.05, 0.1) is 25.9 Å². The Morgan fingerprint density at radius 3 is 2.32 bits per heavy atom. The van der Waals surface area contributed by atoms with E-state index in [2.05, 4.69) is 15.1 Å². The van der Waals surface area contributed by atoms with E-state index in [-0.39, 0.29) is 18.0 Å². The second-order valence-electron chi connectivity index (χ2n) is 7.03. The van der Waals surface area contributed by atoms with Gasteiger partial charge in [-0.3, -0.25) is 9.69 Å². The van der Waals surface area contributed by atoms with Crippen LogP contribution in [0.5, 0.6) is 0 Å². The molecule has 2 amide bonds. The molecule has 0 aliphatic carbocycles. The number of anilines is 2. The van der Waals surface area contributed by atoms with Crippen molar-refractivity contribution in [3.05, 3.63) is 24.3 Å². The number of piperazine rings is 1. The third-order valence-electron chi connectivity index (χ3n) is 5.28. The molecule has 0 aromatic heterocycles. The van der Waals surface area contributed by atoms with Crippen LogP contribution in [0.2, 0.25) is 0 Å². The molecule has 0 unspecified atom stereocenters. The quantitative estimate of drug-likeness (QED) is 0.824. The molecule has 28 heavy (non-hydrogen) atoms. The smallest absolute Gasteiger partial charge is 0.409 e. The molecule has 2 aliphatic rings. The van der Waals surface area contributed by atoms with Gasteiger partial charge in [0.2, 0.25) is 5.91 Å². The molecule has 8 nitrogen and oxygen atoms in total. The minimum atomic E-state index is -0.278. The Morgan fingerprint density at radius 2 is 1.71 bits per heavy atom. The summed E-state index contributed by atoms with van der Waals surface area (Å²) in [7, 11) is 0. The molecule has 8 heteroatoms. The molecule has 3 rings (SSSR count). The zero-order chi connectivity index (χ0) is 19.9. The lowest BCUT2D eigenvalue weighted by atomic mass is 10.2. The van der Waals surface area contributed by atoms with Gasteiger partial charge in [0, 0.05) is 50.6 Å². The lowest BCUT2D eigenvalue weighted by Gasteiger charge is -2.36. The third kappa shape index (κ3) is 5.14. The van der Waals surface area contributed by atoms with E-state index in [0.717, 1.165) is 37.7 Å². The zero-order valence-electron chi connectivity index (χ0n) is 16.7. The fourth-order valence-corrected chi connectivity index (χ4v) is 3.50. The highest BCUT2D eigenvalue weighted by atomic mass is 16.6. The normalized spacial score (nSPS) is 19.2. The fraction of sp³-hybridized carbons (Fsp3) is 0.600. The second-order valence-corrected chi connectivity index (χ2v) is 7.03. The van der Waals surface area contributed by atoms with E-state index in [1.165, 1.54) is 0 Å². The number of carbonyl (C=O) groups excluding carboxylic acids is 2. The van der Waals surface area contributed by atoms with E-state index in [9.17, 15) is 9.59 Å². The Morgan fingerprint density at radius 1 is 1.07 bits per heavy atom. The summed E-state index contributed by atoms with van der Waals surface area (Å²) in [6.07, 6.45) is -0.278. The van der Waals surface area contributed by atoms with Gasteiger partial charge in [0.25, 0.3) is 0 Å². The molecular formula is C20H30N4O4. The summed E-state index contributed by atoms with van der Waals surface area (Å²) < 4.78 is 10.4. The first-order valence-corrected chi connectivity index (χ1v) is 9.98. The third-order valence-corrected chi connectivity index (χ3v) is 5.28. The maximum atomic E-state index is 12.6. The van der Waals surface area contributed by atoms with Gasteiger partial charge in [-0.2, -0.15) is 0 Å². The summed E-state index contributed by atoms with van der Waals surface area (Å²) in [5.74, 6) is -0.0382. The average Bonchev–Trinajstić information content (AvgIpc) is 2.74. The van der Waals surface area contributed by atoms with Crippen LogP contribution in [0, 0.1) is 0 Å². The fourth-order valence-electron chi connectivity index (χ4n) is 3.50. The Balaban J connectivity index is 1.48. The Hall–Kier alpha value is -2.32. The van der Waals surface area contributed by atoms with Crippen molar-refractivity contribution in [1.29, 1.82) is 0 Å². The minimum absolute atomic E-state index is 0.0382. The molecule has 0 radical (unpaired) electrons. The molecule has 1 aromatic rings. The van der Waals surface area contributed by atoms with Gasteiger partial charge in [-0.15, -0.1) is 0 Å². The molecule has 1 N–H and O–H groups in total. The van der Waals surface area contributed by atoms with Crippen molar-refractivity contribution in [1.82, 2.24) is 9.80 Å². The zero-order valence-corrected chi connectivity index (χ0v) is 16.7. The van der Waals surface area contributed by atoms with Gasteiger partial charge >= 0.3 is 6.09 Å². The van der Waals surface area contributed by atoms with Gasteiger partial charge in [0.15, 0.2) is 0 Å². The Labute approximate surface area is 166 Å². The molecule has 154 valence electrons. The van der Waals surface area contributed by atoms with Crippen LogP contribution in [0.4, 0.5) is 16.2 Å². The van der Waals surface area contributed by atoms with Crippen LogP contribution in [0.15, 0.2) is 24.3 Å². The molecular weight excluding hydrogens is 360 g/mol. The molecule has 1 aromatic carbocycles. The first-order valence-electron chi connectivity index (χ1n) is 9.98. The highest BCUT2D eigenvalue weighted by molar-refractivity contribution is 5.94. The number of nitrogens with zero attached hydrogens (tertiary/aromatic N) is 3. The molecule has 2 fully saturated rings. The van der Waals surface area contributed by atoms with Crippen LogP contribution in [-0.4, -0.2) is 86.9 Å². The number of hydrogen-bond acceptors (Lipinski definition) is 6. The molecule has 1 atom stereocenters. The predicted molar refractivity (Wildman–Crippen MR) is 108 cm³/mol. The van der Waals surface area contributed by atoms with Gasteiger partial charge in [-0.05, 0) is 38.1 Å². The number of rotatable bonds is 5. The topological polar surface area (TPSA) is 74.4 Å². The van der Waals surface area contributed by atoms with Gasteiger partial charge in [0.1, 0.15) is 0 Å². The van der Waals surface area contributed by atoms with Crippen LogP contribution in [-0.2, 0) is 14.3 Å². The van der Waals surface area contributed by atoms with Crippen LogP contribution in [0.3, 0.4) is 0 Å². The summed E-state index contributed by atoms with van der Waals surface area (Å²) in [5.41, 5.74) is 1.93. The first-order chi connectivity index (χ1) is 13.6. The summed E-state index contributed by atoms with van der Waals surface area (Å²) >= 11 is 0. The van der Waals surface area contributed by atoms with E-state index < -0.39 is 0 Å². The van der Waals surface area contributed by atoms with Gasteiger partial charge in [-0.25, -0.2) is 4.79 Å². The standard InChI is InChI=1S/C20H30N4O4/c1-3-28-20(26)24-10-8-22(9-11-24)16(2)19(25)21-17-4-6-18(7-5-17)23-12-14-27-15-13-23/h4-7,16H,3,8-15H2,1-2H3,(H,21,25)/t16-/m0/s1. The van der Waals surface area contributed by atoms with Gasteiger partial charge in [-0.1, -0.05) is 0 Å². The van der Waals surface area contributed by atoms with Crippen molar-refractivity contribution in [3.63, 3.8) is 0 Å². The Bertz CT molecular complexity index is 653. The lowest BCUT2D eigenvalue weighted by molar-refractivity contribution is -0.121. The molecule has 0 bridgehead atoms. The SMILES string of the molecule is CCOC(=O)N1CCN([C@@H](C)C(=O)Nc2ccc(N3CCOCC3)cc2)CC1. The van der Waals surface area contributed by atoms with Crippen molar-refractivity contribution in [2.45, 2.75) is 19.9 Å². The maximum absolute atomic E-state index is 12.6. The number of nitrogens with one attached hydrogen (secondary N) is 1. The molecule has 2 aliphatic heterocycles. The molecule has 2 saturated heterocycles. The number of hydrogen-bond donors (Lipinski definition) is 1. The van der Waals surface area contributed by atoms with Crippen LogP contribution in [0.1, 0.15) is 13.8 Å². The summed E-state index contributed by atoms with van der Waals surface area (Å²) in [5, 5.41) is 2.99. The first kappa shape index (κ1) is 20.4. The highest BCUT2D eigenvalue weighted by Crippen LogP contribution is 2.19. The van der Waals surface area contributed by atoms with Crippen molar-refractivity contribution in [2.24, 2.45) is 0 Å². The predicted octanol–water partition coefficient (Wildman–Crippen LogP) is 1.62. The van der Waals surface area contributed by atoms with E-state index in [1.807, 2.05) is 31.2 Å². The number of ether oxygens (including phenoxy) is 2. The monoisotopic (exact) mass is 390 g/mol. The van der Waals surface area contributed by atoms with Crippen LogP contribution >= 0.6 is 0 Å². The lowest BCUT2D eigenvalue weighted by Crippen LogP contribution is -2.54. The largest absolute Gasteiger partial charge is 0.450 e. The molecule has 0 saturated carbocycles. The number of benzene rings is 1. The average molecular weight is 390 g/mol. The molecule has 2 heterocycles. The summed E-state index contributed by atoms with van der Waals surface area (Å²) in [6, 6.07) is 7.68. The summed E-state index contributed by atoms with van der Waals surface area (Å²) in [4.78, 5) is 30.5. The van der Waals surface area contributed by atoms with Crippen molar-refractivity contribution >= 4 is 23.4 Å². The van der Waals surface area contributed by atoms with E-state index in [4.69, 9.17) is 9.47 Å². The minimum Gasteiger partial charge on any atom is -0.450 e. The van der Waals surface area contributed by atoms with Crippen molar-refractivity contribution < 1.29 is 19.1 Å². The molecule has 0 spiro atoms. The number of carbonyl (C=O) groups is 2. The summed E-state index contributed by atoms with van der Waals surface area (Å²) in [6.45, 7) is 9.82. The highest BCUT2D eigenvalue weighted by Gasteiger charge is 2.28. The van der Waals surface area contributed by atoms with Crippen molar-refractivity contribution in [3.8, 4) is 0 Å². The van der Waals surface area contributed by atoms with Gasteiger partial charge < -0.3 is 24.6 Å². The second kappa shape index (κ2) is 9.75. The number of amides is 2.